The van der Waals surface area contributed by atoms with Crippen LogP contribution in [0.4, 0.5) is 15.8 Å². The Bertz CT molecular complexity index is 1100. The summed E-state index contributed by atoms with van der Waals surface area (Å²) in [5.41, 5.74) is 1.07. The van der Waals surface area contributed by atoms with Gasteiger partial charge < -0.3 is 19.7 Å². The summed E-state index contributed by atoms with van der Waals surface area (Å²) in [6.07, 6.45) is 0. The third-order valence-corrected chi connectivity index (χ3v) is 5.03. The molecule has 0 aromatic heterocycles. The summed E-state index contributed by atoms with van der Waals surface area (Å²) >= 11 is 6.13. The minimum Gasteiger partial charge on any atom is -0.484 e. The van der Waals surface area contributed by atoms with Gasteiger partial charge in [0.15, 0.2) is 13.2 Å². The van der Waals surface area contributed by atoms with Crippen LogP contribution in [-0.2, 0) is 16.1 Å². The monoisotopic (exact) mass is 440 g/mol. The van der Waals surface area contributed by atoms with Crippen LogP contribution in [0.25, 0.3) is 0 Å². The highest BCUT2D eigenvalue weighted by Gasteiger charge is 2.27. The maximum Gasteiger partial charge on any atom is 0.265 e. The van der Waals surface area contributed by atoms with Crippen molar-refractivity contribution in [2.75, 3.05) is 23.4 Å². The van der Waals surface area contributed by atoms with Gasteiger partial charge in [0.05, 0.1) is 12.2 Å². The molecule has 8 heteroatoms. The minimum absolute atomic E-state index is 0.0603. The number of fused-ring (bicyclic) bond motifs is 1. The second kappa shape index (κ2) is 9.06. The van der Waals surface area contributed by atoms with E-state index in [9.17, 15) is 14.0 Å². The average Bonchev–Trinajstić information content (AvgIpc) is 2.77. The highest BCUT2D eigenvalue weighted by atomic mass is 35.5. The second-order valence-electron chi connectivity index (χ2n) is 6.80. The number of halogens is 2. The Labute approximate surface area is 183 Å². The lowest BCUT2D eigenvalue weighted by Crippen LogP contribution is -2.38. The number of hydrogen-bond acceptors (Lipinski definition) is 4. The van der Waals surface area contributed by atoms with Gasteiger partial charge in [-0.25, -0.2) is 4.39 Å². The Morgan fingerprint density at radius 3 is 2.71 bits per heavy atom. The SMILES string of the molecule is O=C(COc1ccccc1)Nc1ccc2c(c1)N(Cc1c(F)cccc1Cl)C(=O)CO2. The van der Waals surface area contributed by atoms with Crippen molar-refractivity contribution < 1.29 is 23.5 Å². The molecule has 0 unspecified atom stereocenters. The zero-order valence-electron chi connectivity index (χ0n) is 16.3. The molecule has 1 heterocycles. The van der Waals surface area contributed by atoms with Gasteiger partial charge in [0.1, 0.15) is 17.3 Å². The van der Waals surface area contributed by atoms with Crippen LogP contribution in [0.3, 0.4) is 0 Å². The van der Waals surface area contributed by atoms with Gasteiger partial charge in [-0.3, -0.25) is 9.59 Å². The first-order valence-corrected chi connectivity index (χ1v) is 9.87. The van der Waals surface area contributed by atoms with Gasteiger partial charge >= 0.3 is 0 Å². The fraction of sp³-hybridized carbons (Fsp3) is 0.130. The van der Waals surface area contributed by atoms with Crippen LogP contribution in [-0.4, -0.2) is 25.0 Å². The van der Waals surface area contributed by atoms with Gasteiger partial charge in [-0.2, -0.15) is 0 Å². The Balaban J connectivity index is 1.51. The molecule has 0 fully saturated rings. The number of nitrogens with zero attached hydrogens (tertiary/aromatic N) is 1. The van der Waals surface area contributed by atoms with E-state index in [1.165, 1.54) is 17.0 Å². The number of nitrogens with one attached hydrogen (secondary N) is 1. The number of anilines is 2. The third-order valence-electron chi connectivity index (χ3n) is 4.68. The Kier molecular flexibility index (Phi) is 6.04. The van der Waals surface area contributed by atoms with Crippen molar-refractivity contribution in [1.29, 1.82) is 0 Å². The van der Waals surface area contributed by atoms with E-state index in [0.717, 1.165) is 0 Å². The molecular formula is C23H18ClFN2O4. The highest BCUT2D eigenvalue weighted by molar-refractivity contribution is 6.31. The van der Waals surface area contributed by atoms with Crippen LogP contribution >= 0.6 is 11.6 Å². The molecule has 1 N–H and O–H groups in total. The van der Waals surface area contributed by atoms with Crippen LogP contribution in [0.1, 0.15) is 5.56 Å². The molecular weight excluding hydrogens is 423 g/mol. The van der Waals surface area contributed by atoms with Crippen molar-refractivity contribution in [1.82, 2.24) is 0 Å². The molecule has 3 aromatic carbocycles. The van der Waals surface area contributed by atoms with E-state index in [2.05, 4.69) is 5.32 Å². The van der Waals surface area contributed by atoms with Crippen LogP contribution < -0.4 is 19.7 Å². The van der Waals surface area contributed by atoms with Gasteiger partial charge in [-0.15, -0.1) is 0 Å². The summed E-state index contributed by atoms with van der Waals surface area (Å²) in [4.78, 5) is 26.2. The largest absolute Gasteiger partial charge is 0.484 e. The van der Waals surface area contributed by atoms with E-state index >= 15 is 0 Å². The van der Waals surface area contributed by atoms with E-state index in [0.29, 0.717) is 22.9 Å². The molecule has 6 nitrogen and oxygen atoms in total. The van der Waals surface area contributed by atoms with Crippen molar-refractivity contribution >= 4 is 34.8 Å². The summed E-state index contributed by atoms with van der Waals surface area (Å²) in [6, 6.07) is 18.2. The summed E-state index contributed by atoms with van der Waals surface area (Å²) in [7, 11) is 0. The molecule has 4 rings (SSSR count). The third kappa shape index (κ3) is 4.78. The van der Waals surface area contributed by atoms with Crippen molar-refractivity contribution in [3.05, 3.63) is 83.1 Å². The Morgan fingerprint density at radius 2 is 1.94 bits per heavy atom. The number of hydrogen-bond donors (Lipinski definition) is 1. The van der Waals surface area contributed by atoms with Crippen LogP contribution in [0.2, 0.25) is 5.02 Å². The van der Waals surface area contributed by atoms with Crippen LogP contribution in [0, 0.1) is 5.82 Å². The molecule has 0 aliphatic carbocycles. The molecule has 0 saturated heterocycles. The predicted octanol–water partition coefficient (Wildman–Crippen LogP) is 4.42. The van der Waals surface area contributed by atoms with Gasteiger partial charge in [0.25, 0.3) is 11.8 Å². The molecule has 158 valence electrons. The first kappa shape index (κ1) is 20.7. The number of carbonyl (C=O) groups is 2. The summed E-state index contributed by atoms with van der Waals surface area (Å²) in [5, 5.41) is 2.95. The van der Waals surface area contributed by atoms with Crippen LogP contribution in [0.5, 0.6) is 11.5 Å². The average molecular weight is 441 g/mol. The van der Waals surface area contributed by atoms with E-state index in [4.69, 9.17) is 21.1 Å². The van der Waals surface area contributed by atoms with E-state index in [1.54, 1.807) is 36.4 Å². The number of para-hydroxylation sites is 1. The van der Waals surface area contributed by atoms with E-state index in [1.807, 2.05) is 18.2 Å². The maximum atomic E-state index is 14.3. The fourth-order valence-electron chi connectivity index (χ4n) is 3.16. The molecule has 0 spiro atoms. The molecule has 0 bridgehead atoms. The summed E-state index contributed by atoms with van der Waals surface area (Å²) in [5.74, 6) is -0.185. The maximum absolute atomic E-state index is 14.3. The fourth-order valence-corrected chi connectivity index (χ4v) is 3.38. The van der Waals surface area contributed by atoms with Crippen molar-refractivity contribution in [3.8, 4) is 11.5 Å². The first-order valence-electron chi connectivity index (χ1n) is 9.49. The lowest BCUT2D eigenvalue weighted by Gasteiger charge is -2.30. The molecule has 2 amide bonds. The molecule has 0 radical (unpaired) electrons. The summed E-state index contributed by atoms with van der Waals surface area (Å²) < 4.78 is 25.2. The number of carbonyl (C=O) groups excluding carboxylic acids is 2. The number of benzene rings is 3. The van der Waals surface area contributed by atoms with Crippen molar-refractivity contribution in [2.24, 2.45) is 0 Å². The van der Waals surface area contributed by atoms with Crippen molar-refractivity contribution in [2.45, 2.75) is 6.54 Å². The Morgan fingerprint density at radius 1 is 1.13 bits per heavy atom. The molecule has 3 aromatic rings. The summed E-state index contributed by atoms with van der Waals surface area (Å²) in [6.45, 7) is -0.407. The smallest absolute Gasteiger partial charge is 0.265 e. The normalized spacial score (nSPS) is 12.7. The number of rotatable bonds is 6. The topological polar surface area (TPSA) is 67.9 Å². The molecule has 1 aliphatic rings. The lowest BCUT2D eigenvalue weighted by molar-refractivity contribution is -0.121. The zero-order chi connectivity index (χ0) is 21.8. The first-order chi connectivity index (χ1) is 15.0. The van der Waals surface area contributed by atoms with E-state index in [-0.39, 0.29) is 42.2 Å². The molecule has 1 aliphatic heterocycles. The van der Waals surface area contributed by atoms with Gasteiger partial charge in [-0.1, -0.05) is 35.9 Å². The zero-order valence-corrected chi connectivity index (χ0v) is 17.1. The second-order valence-corrected chi connectivity index (χ2v) is 7.21. The van der Waals surface area contributed by atoms with Gasteiger partial charge in [0, 0.05) is 16.3 Å². The molecule has 0 saturated carbocycles. The molecule has 0 atom stereocenters. The number of amides is 2. The highest BCUT2D eigenvalue weighted by Crippen LogP contribution is 2.36. The van der Waals surface area contributed by atoms with Gasteiger partial charge in [-0.05, 0) is 42.5 Å². The van der Waals surface area contributed by atoms with Gasteiger partial charge in [0.2, 0.25) is 0 Å². The van der Waals surface area contributed by atoms with Crippen LogP contribution in [0.15, 0.2) is 66.7 Å². The quantitative estimate of drug-likeness (QED) is 0.616. The standard InChI is InChI=1S/C23H18ClFN2O4/c24-18-7-4-8-19(25)17(18)12-27-20-11-15(9-10-21(20)31-14-23(27)29)26-22(28)13-30-16-5-2-1-3-6-16/h1-11H,12-14H2,(H,26,28). The Hall–Kier alpha value is -3.58. The van der Waals surface area contributed by atoms with Crippen molar-refractivity contribution in [3.63, 3.8) is 0 Å². The number of ether oxygens (including phenoxy) is 2. The van der Waals surface area contributed by atoms with E-state index < -0.39 is 5.82 Å². The predicted molar refractivity (Wildman–Crippen MR) is 115 cm³/mol. The lowest BCUT2D eigenvalue weighted by atomic mass is 10.1. The molecule has 31 heavy (non-hydrogen) atoms. The minimum atomic E-state index is -0.504.